The molecule has 2 atom stereocenters. The van der Waals surface area contributed by atoms with Crippen LogP contribution in [0.3, 0.4) is 0 Å². The number of amides is 2. The number of oxime groups is 1. The molecule has 1 saturated heterocycles. The quantitative estimate of drug-likeness (QED) is 0.0789. The summed E-state index contributed by atoms with van der Waals surface area (Å²) in [5.74, 6) is -1.14. The largest absolute Gasteiger partial charge is 0.460 e. The van der Waals surface area contributed by atoms with E-state index in [0.717, 1.165) is 16.0 Å². The van der Waals surface area contributed by atoms with E-state index in [-0.39, 0.29) is 49.0 Å². The minimum atomic E-state index is -0.740. The van der Waals surface area contributed by atoms with E-state index in [1.165, 1.54) is 11.3 Å². The van der Waals surface area contributed by atoms with E-state index in [1.54, 1.807) is 11.0 Å². The fourth-order valence-electron chi connectivity index (χ4n) is 5.40. The first kappa shape index (κ1) is 32.7. The van der Waals surface area contributed by atoms with Gasteiger partial charge in [-0.3, -0.25) is 14.4 Å². The number of nitrogens with one attached hydrogen (secondary N) is 2. The second-order valence-corrected chi connectivity index (χ2v) is 12.9. The summed E-state index contributed by atoms with van der Waals surface area (Å²) in [4.78, 5) is 43.5. The average molecular weight is 620 g/mol. The van der Waals surface area contributed by atoms with E-state index in [4.69, 9.17) is 15.7 Å². The van der Waals surface area contributed by atoms with Crippen LogP contribution in [0.15, 0.2) is 78.0 Å². The number of thiophene rings is 1. The van der Waals surface area contributed by atoms with E-state index in [9.17, 15) is 14.4 Å². The molecular formula is C33H41N5O5S. The lowest BCUT2D eigenvalue weighted by molar-refractivity contribution is -0.154. The third kappa shape index (κ3) is 8.67. The number of amidine groups is 1. The Morgan fingerprint density at radius 1 is 1.05 bits per heavy atom. The number of carbonyl (C=O) groups is 3. The molecule has 234 valence electrons. The first-order valence-electron chi connectivity index (χ1n) is 14.8. The highest BCUT2D eigenvalue weighted by molar-refractivity contribution is 7.14. The first-order valence-corrected chi connectivity index (χ1v) is 15.6. The van der Waals surface area contributed by atoms with Crippen LogP contribution in [0.5, 0.6) is 0 Å². The van der Waals surface area contributed by atoms with Crippen LogP contribution in [-0.2, 0) is 25.7 Å². The summed E-state index contributed by atoms with van der Waals surface area (Å²) in [6.07, 6.45) is 1.33. The van der Waals surface area contributed by atoms with E-state index in [1.807, 2.05) is 87.5 Å². The van der Waals surface area contributed by atoms with Crippen LogP contribution in [0.25, 0.3) is 0 Å². The van der Waals surface area contributed by atoms with Gasteiger partial charge in [-0.15, -0.1) is 11.3 Å². The lowest BCUT2D eigenvalue weighted by Crippen LogP contribution is -2.54. The van der Waals surface area contributed by atoms with Crippen LogP contribution in [-0.4, -0.2) is 64.5 Å². The third-order valence-corrected chi connectivity index (χ3v) is 8.44. The molecule has 0 spiro atoms. The Kier molecular flexibility index (Phi) is 11.1. The lowest BCUT2D eigenvalue weighted by Gasteiger charge is -2.34. The number of nitrogens with zero attached hydrogens (tertiary/aromatic N) is 2. The van der Waals surface area contributed by atoms with Crippen LogP contribution in [0.2, 0.25) is 0 Å². The molecular weight excluding hydrogens is 578 g/mol. The van der Waals surface area contributed by atoms with Crippen LogP contribution < -0.4 is 16.4 Å². The highest BCUT2D eigenvalue weighted by Gasteiger charge is 2.40. The zero-order chi connectivity index (χ0) is 31.7. The minimum absolute atomic E-state index is 0.0109. The Hall–Kier alpha value is -4.22. The number of likely N-dealkylation sites (tertiary alicyclic amines) is 1. The molecule has 0 radical (unpaired) electrons. The maximum absolute atomic E-state index is 14.5. The second-order valence-electron chi connectivity index (χ2n) is 11.7. The van der Waals surface area contributed by atoms with Crippen LogP contribution >= 0.6 is 11.3 Å². The Labute approximate surface area is 262 Å². The molecule has 0 saturated carbocycles. The monoisotopic (exact) mass is 619 g/mol. The molecule has 2 heterocycles. The number of carbonyl (C=O) groups excluding carboxylic acids is 3. The normalized spacial score (nSPS) is 16.1. The minimum Gasteiger partial charge on any atom is -0.460 e. The highest BCUT2D eigenvalue weighted by Crippen LogP contribution is 2.31. The highest BCUT2D eigenvalue weighted by atomic mass is 32.1. The molecule has 2 aromatic carbocycles. The van der Waals surface area contributed by atoms with Crippen molar-refractivity contribution in [3.63, 3.8) is 0 Å². The molecule has 4 rings (SSSR count). The Morgan fingerprint density at radius 2 is 1.68 bits per heavy atom. The van der Waals surface area contributed by atoms with Gasteiger partial charge >= 0.3 is 5.97 Å². The predicted octanol–water partition coefficient (Wildman–Crippen LogP) is 3.97. The van der Waals surface area contributed by atoms with Crippen molar-refractivity contribution >= 4 is 35.0 Å². The standard InChI is InChI=1S/C33H41N5O5S/c1-33(2,3)43-27(39)18-19-35-29(28(22-11-6-4-7-12-22)23-13-8-5-9-14-23)32(41)38-20-10-15-25(38)31(40)36-21-24-16-17-26(44-24)30(34)37-42/h4-9,11-14,16-17,25,28-29,35,42H,10,15,18-21H2,1-3H3,(H2,34,37)(H,36,40)/t25-,29+/m0/s1. The zero-order valence-electron chi connectivity index (χ0n) is 25.4. The van der Waals surface area contributed by atoms with Gasteiger partial charge in [0.1, 0.15) is 11.6 Å². The molecule has 1 fully saturated rings. The number of benzene rings is 2. The van der Waals surface area contributed by atoms with Crippen molar-refractivity contribution < 1.29 is 24.3 Å². The summed E-state index contributed by atoms with van der Waals surface area (Å²) in [6.45, 7) is 6.40. The molecule has 1 aliphatic heterocycles. The number of nitrogens with two attached hydrogens (primary N) is 1. The van der Waals surface area contributed by atoms with Crippen molar-refractivity contribution in [2.75, 3.05) is 13.1 Å². The molecule has 11 heteroatoms. The summed E-state index contributed by atoms with van der Waals surface area (Å²) in [5, 5.41) is 18.3. The van der Waals surface area contributed by atoms with Gasteiger partial charge in [0, 0.05) is 23.9 Å². The Bertz CT molecular complexity index is 1400. The van der Waals surface area contributed by atoms with E-state index >= 15 is 0 Å². The summed E-state index contributed by atoms with van der Waals surface area (Å²) >= 11 is 1.32. The number of ether oxygens (including phenoxy) is 1. The van der Waals surface area contributed by atoms with Gasteiger partial charge in [0.2, 0.25) is 11.8 Å². The topological polar surface area (TPSA) is 146 Å². The molecule has 1 aromatic heterocycles. The van der Waals surface area contributed by atoms with Gasteiger partial charge in [-0.05, 0) is 56.9 Å². The van der Waals surface area contributed by atoms with Gasteiger partial charge in [0.25, 0.3) is 0 Å². The van der Waals surface area contributed by atoms with Gasteiger partial charge in [0.15, 0.2) is 5.84 Å². The number of esters is 1. The Balaban J connectivity index is 1.56. The van der Waals surface area contributed by atoms with Crippen molar-refractivity contribution in [1.82, 2.24) is 15.5 Å². The smallest absolute Gasteiger partial charge is 0.307 e. The summed E-state index contributed by atoms with van der Waals surface area (Å²) in [6, 6.07) is 21.8. The fraction of sp³-hybridized carbons (Fsp3) is 0.394. The number of hydrogen-bond donors (Lipinski definition) is 4. The maximum atomic E-state index is 14.5. The van der Waals surface area contributed by atoms with Gasteiger partial charge in [-0.1, -0.05) is 65.8 Å². The molecule has 1 aliphatic rings. The van der Waals surface area contributed by atoms with Crippen molar-refractivity contribution in [3.05, 3.63) is 93.7 Å². The van der Waals surface area contributed by atoms with Crippen molar-refractivity contribution in [2.24, 2.45) is 10.9 Å². The molecule has 0 aliphatic carbocycles. The van der Waals surface area contributed by atoms with Crippen molar-refractivity contribution in [2.45, 2.75) is 70.2 Å². The van der Waals surface area contributed by atoms with Gasteiger partial charge in [-0.25, -0.2) is 0 Å². The van der Waals surface area contributed by atoms with E-state index in [2.05, 4.69) is 15.8 Å². The Morgan fingerprint density at radius 3 is 2.27 bits per heavy atom. The molecule has 44 heavy (non-hydrogen) atoms. The predicted molar refractivity (Wildman–Crippen MR) is 170 cm³/mol. The van der Waals surface area contributed by atoms with Crippen LogP contribution in [0.1, 0.15) is 66.8 Å². The average Bonchev–Trinajstić information content (AvgIpc) is 3.69. The van der Waals surface area contributed by atoms with Gasteiger partial charge < -0.3 is 31.2 Å². The second kappa shape index (κ2) is 15.0. The van der Waals surface area contributed by atoms with Crippen molar-refractivity contribution in [1.29, 1.82) is 0 Å². The first-order chi connectivity index (χ1) is 21.1. The summed E-state index contributed by atoms with van der Waals surface area (Å²) in [7, 11) is 0. The lowest BCUT2D eigenvalue weighted by atomic mass is 9.84. The maximum Gasteiger partial charge on any atom is 0.307 e. The van der Waals surface area contributed by atoms with Gasteiger partial charge in [0.05, 0.1) is 23.9 Å². The number of rotatable bonds is 12. The van der Waals surface area contributed by atoms with Gasteiger partial charge in [-0.2, -0.15) is 0 Å². The van der Waals surface area contributed by atoms with Crippen LogP contribution in [0.4, 0.5) is 0 Å². The molecule has 5 N–H and O–H groups in total. The SMILES string of the molecule is CC(C)(C)OC(=O)CCN[C@@H](C(=O)N1CCC[C@H]1C(=O)NCc1ccc(/C(N)=N\O)s1)C(c1ccccc1)c1ccccc1. The summed E-state index contributed by atoms with van der Waals surface area (Å²) in [5.41, 5.74) is 6.96. The molecule has 2 amide bonds. The number of hydrogen-bond acceptors (Lipinski definition) is 8. The molecule has 3 aromatic rings. The third-order valence-electron chi connectivity index (χ3n) is 7.33. The van der Waals surface area contributed by atoms with E-state index in [0.29, 0.717) is 24.3 Å². The molecule has 10 nitrogen and oxygen atoms in total. The molecule has 0 bridgehead atoms. The fourth-order valence-corrected chi connectivity index (χ4v) is 6.25. The van der Waals surface area contributed by atoms with E-state index < -0.39 is 17.7 Å². The zero-order valence-corrected chi connectivity index (χ0v) is 26.2. The van der Waals surface area contributed by atoms with Crippen LogP contribution in [0, 0.1) is 0 Å². The summed E-state index contributed by atoms with van der Waals surface area (Å²) < 4.78 is 5.49. The van der Waals surface area contributed by atoms with Crippen molar-refractivity contribution in [3.8, 4) is 0 Å². The molecule has 0 unspecified atom stereocenters.